The zero-order chi connectivity index (χ0) is 17.8. The van der Waals surface area contributed by atoms with Gasteiger partial charge in [0.1, 0.15) is 5.75 Å². The van der Waals surface area contributed by atoms with Crippen molar-refractivity contribution in [2.24, 2.45) is 0 Å². The van der Waals surface area contributed by atoms with Crippen LogP contribution in [0.4, 0.5) is 0 Å². The maximum atomic E-state index is 5.83. The van der Waals surface area contributed by atoms with Crippen LogP contribution in [0.5, 0.6) is 17.2 Å². The van der Waals surface area contributed by atoms with Crippen LogP contribution in [0.25, 0.3) is 0 Å². The van der Waals surface area contributed by atoms with E-state index < -0.39 is 0 Å². The summed E-state index contributed by atoms with van der Waals surface area (Å²) < 4.78 is 17.0. The standard InChI is InChI=1S/C21H27NO3.ClH/c1-5-24-19-12-15-9-10-22-21(17(15)13-20(19)25-6-2)16-7-8-18(23-4)14(3)11-16;/h7-8,11-13,21-22H,5-6,9-10H2,1-4H3;1H. The molecule has 0 radical (unpaired) electrons. The summed E-state index contributed by atoms with van der Waals surface area (Å²) in [7, 11) is 1.71. The van der Waals surface area contributed by atoms with E-state index in [0.29, 0.717) is 13.2 Å². The lowest BCUT2D eigenvalue weighted by Gasteiger charge is -2.29. The van der Waals surface area contributed by atoms with E-state index >= 15 is 0 Å². The lowest BCUT2D eigenvalue weighted by atomic mass is 9.88. The Kier molecular flexibility index (Phi) is 7.18. The molecule has 0 saturated heterocycles. The number of rotatable bonds is 6. The van der Waals surface area contributed by atoms with E-state index in [1.807, 2.05) is 19.9 Å². The molecule has 26 heavy (non-hydrogen) atoms. The minimum absolute atomic E-state index is 0. The molecule has 1 atom stereocenters. The molecule has 0 aliphatic carbocycles. The Balaban J connectivity index is 0.00000243. The number of benzene rings is 2. The van der Waals surface area contributed by atoms with Gasteiger partial charge in [-0.25, -0.2) is 0 Å². The quantitative estimate of drug-likeness (QED) is 0.806. The number of hydrogen-bond donors (Lipinski definition) is 1. The summed E-state index contributed by atoms with van der Waals surface area (Å²) in [4.78, 5) is 0. The van der Waals surface area contributed by atoms with E-state index in [1.54, 1.807) is 7.11 Å². The number of nitrogens with one attached hydrogen (secondary N) is 1. The zero-order valence-electron chi connectivity index (χ0n) is 15.9. The van der Waals surface area contributed by atoms with Crippen molar-refractivity contribution in [2.45, 2.75) is 33.2 Å². The van der Waals surface area contributed by atoms with Gasteiger partial charge in [0.05, 0.1) is 26.4 Å². The Morgan fingerprint density at radius 1 is 1.00 bits per heavy atom. The SMILES string of the molecule is CCOc1cc2c(cc1OCC)C(c1ccc(OC)c(C)c1)NCC2.Cl. The molecule has 0 spiro atoms. The number of halogens is 1. The van der Waals surface area contributed by atoms with Crippen molar-refractivity contribution in [1.82, 2.24) is 5.32 Å². The fourth-order valence-corrected chi connectivity index (χ4v) is 3.48. The first-order chi connectivity index (χ1) is 12.2. The van der Waals surface area contributed by atoms with Crippen LogP contribution in [0, 0.1) is 6.92 Å². The van der Waals surface area contributed by atoms with Gasteiger partial charge in [0.15, 0.2) is 11.5 Å². The first kappa shape index (κ1) is 20.4. The molecule has 3 rings (SSSR count). The highest BCUT2D eigenvalue weighted by atomic mass is 35.5. The second-order valence-corrected chi connectivity index (χ2v) is 6.23. The molecular weight excluding hydrogens is 350 g/mol. The van der Waals surface area contributed by atoms with E-state index in [4.69, 9.17) is 14.2 Å². The monoisotopic (exact) mass is 377 g/mol. The van der Waals surface area contributed by atoms with Gasteiger partial charge >= 0.3 is 0 Å². The summed E-state index contributed by atoms with van der Waals surface area (Å²) in [6.07, 6.45) is 0.994. The van der Waals surface area contributed by atoms with E-state index in [-0.39, 0.29) is 18.4 Å². The van der Waals surface area contributed by atoms with E-state index in [2.05, 4.69) is 36.5 Å². The lowest BCUT2D eigenvalue weighted by Crippen LogP contribution is -2.30. The molecule has 4 nitrogen and oxygen atoms in total. The van der Waals surface area contributed by atoms with Crippen molar-refractivity contribution in [1.29, 1.82) is 0 Å². The molecule has 2 aromatic rings. The summed E-state index contributed by atoms with van der Waals surface area (Å²) in [5.74, 6) is 2.58. The fourth-order valence-electron chi connectivity index (χ4n) is 3.48. The van der Waals surface area contributed by atoms with Crippen molar-refractivity contribution in [3.63, 3.8) is 0 Å². The van der Waals surface area contributed by atoms with Crippen LogP contribution in [-0.4, -0.2) is 26.9 Å². The van der Waals surface area contributed by atoms with Gasteiger partial charge in [-0.2, -0.15) is 0 Å². The predicted octanol–water partition coefficient (Wildman–Crippen LogP) is 4.46. The lowest BCUT2D eigenvalue weighted by molar-refractivity contribution is 0.286. The molecule has 142 valence electrons. The van der Waals surface area contributed by atoms with E-state index in [1.165, 1.54) is 16.7 Å². The molecule has 1 aliphatic rings. The van der Waals surface area contributed by atoms with Gasteiger partial charge in [-0.15, -0.1) is 12.4 Å². The molecule has 2 aromatic carbocycles. The van der Waals surface area contributed by atoms with E-state index in [0.717, 1.165) is 35.8 Å². The number of aryl methyl sites for hydroxylation is 1. The second-order valence-electron chi connectivity index (χ2n) is 6.23. The number of hydrogen-bond acceptors (Lipinski definition) is 4. The predicted molar refractivity (Wildman–Crippen MR) is 107 cm³/mol. The molecule has 0 fully saturated rings. The smallest absolute Gasteiger partial charge is 0.161 e. The normalized spacial score (nSPS) is 15.6. The average molecular weight is 378 g/mol. The summed E-state index contributed by atoms with van der Waals surface area (Å²) in [6, 6.07) is 10.8. The topological polar surface area (TPSA) is 39.7 Å². The molecule has 1 unspecified atom stereocenters. The molecule has 1 aliphatic heterocycles. The van der Waals surface area contributed by atoms with Crippen LogP contribution in [0.3, 0.4) is 0 Å². The Labute approximate surface area is 162 Å². The van der Waals surface area contributed by atoms with Crippen LogP contribution in [0.15, 0.2) is 30.3 Å². The van der Waals surface area contributed by atoms with Gasteiger partial charge in [0.2, 0.25) is 0 Å². The van der Waals surface area contributed by atoms with Crippen molar-refractivity contribution in [2.75, 3.05) is 26.9 Å². The first-order valence-electron chi connectivity index (χ1n) is 8.98. The zero-order valence-corrected chi connectivity index (χ0v) is 16.7. The third-order valence-electron chi connectivity index (χ3n) is 4.61. The summed E-state index contributed by atoms with van der Waals surface area (Å²) in [5.41, 5.74) is 4.97. The third-order valence-corrected chi connectivity index (χ3v) is 4.61. The molecule has 1 heterocycles. The van der Waals surface area contributed by atoms with Gasteiger partial charge in [0.25, 0.3) is 0 Å². The van der Waals surface area contributed by atoms with Crippen LogP contribution >= 0.6 is 12.4 Å². The largest absolute Gasteiger partial charge is 0.496 e. The molecule has 0 aromatic heterocycles. The molecular formula is C21H28ClNO3. The minimum atomic E-state index is 0. The summed E-state index contributed by atoms with van der Waals surface area (Å²) >= 11 is 0. The highest BCUT2D eigenvalue weighted by Crippen LogP contribution is 2.38. The Hall–Kier alpha value is -1.91. The average Bonchev–Trinajstić information content (AvgIpc) is 2.62. The first-order valence-corrected chi connectivity index (χ1v) is 8.98. The van der Waals surface area contributed by atoms with Crippen molar-refractivity contribution < 1.29 is 14.2 Å². The maximum absolute atomic E-state index is 5.83. The van der Waals surface area contributed by atoms with Crippen molar-refractivity contribution >= 4 is 12.4 Å². The maximum Gasteiger partial charge on any atom is 0.161 e. The second kappa shape index (κ2) is 9.15. The van der Waals surface area contributed by atoms with Crippen LogP contribution in [0.2, 0.25) is 0 Å². The van der Waals surface area contributed by atoms with E-state index in [9.17, 15) is 0 Å². The van der Waals surface area contributed by atoms with Gasteiger partial charge in [-0.1, -0.05) is 12.1 Å². The molecule has 0 bridgehead atoms. The highest BCUT2D eigenvalue weighted by molar-refractivity contribution is 5.85. The number of methoxy groups -OCH3 is 1. The summed E-state index contributed by atoms with van der Waals surface area (Å²) in [5, 5.41) is 3.64. The van der Waals surface area contributed by atoms with Gasteiger partial charge in [-0.3, -0.25) is 0 Å². The van der Waals surface area contributed by atoms with Crippen LogP contribution in [0.1, 0.15) is 42.1 Å². The summed E-state index contributed by atoms with van der Waals surface area (Å²) in [6.45, 7) is 8.28. The van der Waals surface area contributed by atoms with Gasteiger partial charge in [-0.05, 0) is 67.6 Å². The number of fused-ring (bicyclic) bond motifs is 1. The molecule has 5 heteroatoms. The van der Waals surface area contributed by atoms with Gasteiger partial charge in [0, 0.05) is 6.54 Å². The van der Waals surface area contributed by atoms with Gasteiger partial charge < -0.3 is 19.5 Å². The highest BCUT2D eigenvalue weighted by Gasteiger charge is 2.24. The Morgan fingerprint density at radius 3 is 2.31 bits per heavy atom. The Morgan fingerprint density at radius 2 is 1.69 bits per heavy atom. The minimum Gasteiger partial charge on any atom is -0.496 e. The number of ether oxygens (including phenoxy) is 3. The molecule has 1 N–H and O–H groups in total. The fraction of sp³-hybridized carbons (Fsp3) is 0.429. The van der Waals surface area contributed by atoms with Crippen LogP contribution < -0.4 is 19.5 Å². The third kappa shape index (κ3) is 4.08. The molecule has 0 saturated carbocycles. The van der Waals surface area contributed by atoms with Crippen molar-refractivity contribution in [3.05, 3.63) is 52.6 Å². The Bertz CT molecular complexity index is 748. The molecule has 0 amide bonds. The van der Waals surface area contributed by atoms with Crippen molar-refractivity contribution in [3.8, 4) is 17.2 Å². The van der Waals surface area contributed by atoms with Crippen LogP contribution in [-0.2, 0) is 6.42 Å².